The predicted molar refractivity (Wildman–Crippen MR) is 106 cm³/mol. The molecule has 0 bridgehead atoms. The average Bonchev–Trinajstić information content (AvgIpc) is 2.68. The Labute approximate surface area is 184 Å². The molecule has 2 rings (SSSR count). The number of esters is 1. The van der Waals surface area contributed by atoms with Crippen LogP contribution in [0.5, 0.6) is 0 Å². The summed E-state index contributed by atoms with van der Waals surface area (Å²) in [5.41, 5.74) is 0.795. The highest BCUT2D eigenvalue weighted by Gasteiger charge is 2.50. The maximum absolute atomic E-state index is 11.6. The van der Waals surface area contributed by atoms with E-state index in [4.69, 9.17) is 65.3 Å². The van der Waals surface area contributed by atoms with Gasteiger partial charge in [-0.1, -0.05) is 65.1 Å². The van der Waals surface area contributed by atoms with Gasteiger partial charge in [-0.3, -0.25) is 10.2 Å². The summed E-state index contributed by atoms with van der Waals surface area (Å²) in [4.78, 5) is 11.6. The molecule has 0 aromatic heterocycles. The lowest BCUT2D eigenvalue weighted by atomic mass is 9.98. The van der Waals surface area contributed by atoms with Gasteiger partial charge in [-0.15, -0.1) is 0 Å². The van der Waals surface area contributed by atoms with Gasteiger partial charge in [-0.25, -0.2) is 0 Å². The van der Waals surface area contributed by atoms with Gasteiger partial charge in [0.2, 0.25) is 12.2 Å². The lowest BCUT2D eigenvalue weighted by Crippen LogP contribution is -2.62. The third-order valence-electron chi connectivity index (χ3n) is 3.98. The molecule has 8 nitrogen and oxygen atoms in total. The molecule has 1 aliphatic heterocycles. The number of alkyl halides is 3. The molecule has 1 aliphatic rings. The minimum absolute atomic E-state index is 0.0637. The maximum atomic E-state index is 11.6. The Balaban J connectivity index is 2.28. The van der Waals surface area contributed by atoms with Crippen molar-refractivity contribution < 1.29 is 35.0 Å². The van der Waals surface area contributed by atoms with Gasteiger partial charge < -0.3 is 28.8 Å². The van der Waals surface area contributed by atoms with E-state index >= 15 is 0 Å². The maximum Gasteiger partial charge on any atom is 0.303 e. The van der Waals surface area contributed by atoms with Gasteiger partial charge in [0, 0.05) is 14.0 Å². The number of hydrogen-bond donors (Lipinski definition) is 2. The number of hydrogen-bond acceptors (Lipinski definition) is 8. The van der Waals surface area contributed by atoms with Crippen LogP contribution in [0, 0.1) is 5.41 Å². The first kappa shape index (κ1) is 22.6. The fourth-order valence-electron chi connectivity index (χ4n) is 2.69. The van der Waals surface area contributed by atoms with Crippen molar-refractivity contribution in [3.63, 3.8) is 0 Å². The zero-order valence-electron chi connectivity index (χ0n) is 16.4. The van der Waals surface area contributed by atoms with Crippen molar-refractivity contribution >= 4 is 46.7 Å². The van der Waals surface area contributed by atoms with Gasteiger partial charge in [0.15, 0.2) is 12.2 Å². The summed E-state index contributed by atoms with van der Waals surface area (Å²) in [5.74, 6) is -1.42. The van der Waals surface area contributed by atoms with Crippen molar-refractivity contribution in [1.82, 2.24) is 0 Å². The Morgan fingerprint density at radius 2 is 1.97 bits per heavy atom. The standard InChI is InChI=1S/C18H22Cl3NO7/c1-10(23)27-14-13(24)12(9-25-2)28-16(29-17(22)18(19,20)21)15(14)26-8-11-6-4-3-5-7-11/h3-7,12-16,22,24H,8-9H2,1-2H3/t12-,13-,14+,15-,16?/m1/s1/i2D. The minimum Gasteiger partial charge on any atom is -0.457 e. The zero-order valence-corrected chi connectivity index (χ0v) is 17.7. The molecule has 0 aliphatic carbocycles. The molecule has 2 N–H and O–H groups in total. The lowest BCUT2D eigenvalue weighted by Gasteiger charge is -2.43. The van der Waals surface area contributed by atoms with Crippen LogP contribution < -0.4 is 0 Å². The first-order valence-electron chi connectivity index (χ1n) is 9.19. The molecule has 5 atom stereocenters. The molecule has 0 spiro atoms. The van der Waals surface area contributed by atoms with E-state index in [0.717, 1.165) is 5.56 Å². The normalized spacial score (nSPS) is 27.8. The molecule has 1 unspecified atom stereocenters. The van der Waals surface area contributed by atoms with Crippen LogP contribution in [-0.4, -0.2) is 65.2 Å². The van der Waals surface area contributed by atoms with Gasteiger partial charge >= 0.3 is 5.97 Å². The van der Waals surface area contributed by atoms with E-state index in [2.05, 4.69) is 0 Å². The number of aliphatic hydroxyl groups excluding tert-OH is 1. The SMILES string of the molecule is [2H]COC[C@H]1OC(OC(=N)C(Cl)(Cl)Cl)[C@H](OCc2ccccc2)[C@@H](OC(C)=O)[C@@H]1O. The summed E-state index contributed by atoms with van der Waals surface area (Å²) in [6, 6.07) is 9.09. The Morgan fingerprint density at radius 3 is 2.55 bits per heavy atom. The zero-order chi connectivity index (χ0) is 22.3. The van der Waals surface area contributed by atoms with E-state index in [1.54, 1.807) is 0 Å². The summed E-state index contributed by atoms with van der Waals surface area (Å²) in [5, 5.41) is 18.5. The molecule has 0 radical (unpaired) electrons. The van der Waals surface area contributed by atoms with E-state index in [0.29, 0.717) is 0 Å². The number of nitrogens with one attached hydrogen (secondary N) is 1. The van der Waals surface area contributed by atoms with Crippen molar-refractivity contribution in [2.75, 3.05) is 13.7 Å². The molecule has 1 aromatic rings. The molecule has 29 heavy (non-hydrogen) atoms. The highest BCUT2D eigenvalue weighted by molar-refractivity contribution is 6.76. The average molecular weight is 472 g/mol. The minimum atomic E-state index is -2.17. The highest BCUT2D eigenvalue weighted by atomic mass is 35.6. The second-order valence-electron chi connectivity index (χ2n) is 6.18. The van der Waals surface area contributed by atoms with Crippen LogP contribution in [0.2, 0.25) is 0 Å². The lowest BCUT2D eigenvalue weighted by molar-refractivity contribution is -0.297. The van der Waals surface area contributed by atoms with Crippen LogP contribution in [0.4, 0.5) is 0 Å². The van der Waals surface area contributed by atoms with E-state index < -0.39 is 46.4 Å². The first-order chi connectivity index (χ1) is 14.1. The number of aliphatic hydroxyl groups is 1. The molecule has 162 valence electrons. The molecule has 1 fully saturated rings. The second kappa shape index (κ2) is 10.8. The molecule has 0 saturated carbocycles. The summed E-state index contributed by atoms with van der Waals surface area (Å²) in [6.45, 7) is 1.04. The van der Waals surface area contributed by atoms with Gasteiger partial charge in [0.1, 0.15) is 12.2 Å². The Bertz CT molecular complexity index is 707. The smallest absolute Gasteiger partial charge is 0.303 e. The van der Waals surface area contributed by atoms with Crippen molar-refractivity contribution in [2.45, 2.75) is 48.0 Å². The number of ether oxygens (including phenoxy) is 5. The first-order valence-corrected chi connectivity index (χ1v) is 9.62. The van der Waals surface area contributed by atoms with Crippen molar-refractivity contribution in [3.05, 3.63) is 35.9 Å². The summed E-state index contributed by atoms with van der Waals surface area (Å²) in [7, 11) is -0.381. The fraction of sp³-hybridized carbons (Fsp3) is 0.556. The molecule has 11 heteroatoms. The monoisotopic (exact) mass is 470 g/mol. The number of methoxy groups -OCH3 is 1. The molecule has 1 heterocycles. The van der Waals surface area contributed by atoms with Gasteiger partial charge in [-0.2, -0.15) is 0 Å². The van der Waals surface area contributed by atoms with E-state index in [1.807, 2.05) is 30.3 Å². The van der Waals surface area contributed by atoms with Crippen LogP contribution in [0.3, 0.4) is 0 Å². The third kappa shape index (κ3) is 6.96. The highest BCUT2D eigenvalue weighted by Crippen LogP contribution is 2.32. The van der Waals surface area contributed by atoms with Crippen LogP contribution in [0.25, 0.3) is 0 Å². The van der Waals surface area contributed by atoms with Crippen LogP contribution >= 0.6 is 34.8 Å². The Kier molecular flexibility index (Phi) is 8.37. The van der Waals surface area contributed by atoms with E-state index in [9.17, 15) is 9.90 Å². The topological polar surface area (TPSA) is 107 Å². The van der Waals surface area contributed by atoms with Crippen molar-refractivity contribution in [1.29, 1.82) is 5.41 Å². The molecule has 1 aromatic carbocycles. The fourth-order valence-corrected chi connectivity index (χ4v) is 2.82. The number of carbonyl (C=O) groups is 1. The van der Waals surface area contributed by atoms with Crippen molar-refractivity contribution in [2.24, 2.45) is 0 Å². The van der Waals surface area contributed by atoms with Crippen LogP contribution in [-0.2, 0) is 35.1 Å². The summed E-state index contributed by atoms with van der Waals surface area (Å²) < 4.78 is 32.1. The van der Waals surface area contributed by atoms with E-state index in [-0.39, 0.29) is 20.3 Å². The van der Waals surface area contributed by atoms with Gasteiger partial charge in [0.25, 0.3) is 3.79 Å². The van der Waals surface area contributed by atoms with Crippen molar-refractivity contribution in [3.8, 4) is 0 Å². The largest absolute Gasteiger partial charge is 0.457 e. The molecular weight excluding hydrogens is 449 g/mol. The number of carbonyl (C=O) groups excluding carboxylic acids is 1. The number of benzene rings is 1. The summed E-state index contributed by atoms with van der Waals surface area (Å²) >= 11 is 17.1. The Morgan fingerprint density at radius 1 is 1.28 bits per heavy atom. The van der Waals surface area contributed by atoms with E-state index in [1.165, 1.54) is 6.92 Å². The quantitative estimate of drug-likeness (QED) is 0.272. The summed E-state index contributed by atoms with van der Waals surface area (Å²) in [6.07, 6.45) is -6.17. The van der Waals surface area contributed by atoms with Gasteiger partial charge in [-0.05, 0) is 5.56 Å². The van der Waals surface area contributed by atoms with Crippen LogP contribution in [0.15, 0.2) is 30.3 Å². The Hall–Kier alpha value is -1.13. The number of halogens is 3. The third-order valence-corrected chi connectivity index (χ3v) is 4.49. The molecular formula is C18H22Cl3NO7. The second-order valence-corrected chi connectivity index (χ2v) is 8.47. The predicted octanol–water partition coefficient (Wildman–Crippen LogP) is 2.60. The number of rotatable bonds is 7. The molecule has 1 saturated heterocycles. The molecule has 0 amide bonds. The van der Waals surface area contributed by atoms with Gasteiger partial charge in [0.05, 0.1) is 14.6 Å². The van der Waals surface area contributed by atoms with Crippen LogP contribution in [0.1, 0.15) is 13.9 Å².